The molecule has 0 aliphatic rings. The number of carbonyl (C=O) groups is 1. The van der Waals surface area contributed by atoms with Crippen LogP contribution in [-0.2, 0) is 34.4 Å². The molecule has 3 atom stereocenters. The fourth-order valence-electron chi connectivity index (χ4n) is 4.92. The van der Waals surface area contributed by atoms with Gasteiger partial charge in [-0.1, -0.05) is 40.7 Å². The number of aliphatic hydroxyl groups excluding tert-OH is 1. The van der Waals surface area contributed by atoms with Gasteiger partial charge in [0.05, 0.1) is 36.4 Å². The zero-order valence-corrected chi connectivity index (χ0v) is 25.9. The summed E-state index contributed by atoms with van der Waals surface area (Å²) in [6.07, 6.45) is 2.81. The van der Waals surface area contributed by atoms with Crippen molar-refractivity contribution in [3.05, 3.63) is 51.9 Å². The number of rotatable bonds is 15. The summed E-state index contributed by atoms with van der Waals surface area (Å²) in [6.45, 7) is 15.8. The Balaban J connectivity index is 1.99. The van der Waals surface area contributed by atoms with Gasteiger partial charge < -0.3 is 23.7 Å². The molecule has 3 rings (SSSR count). The molecule has 0 saturated heterocycles. The van der Waals surface area contributed by atoms with Crippen LogP contribution < -0.4 is 10.9 Å². The van der Waals surface area contributed by atoms with Crippen molar-refractivity contribution in [1.82, 2.24) is 19.4 Å². The van der Waals surface area contributed by atoms with Gasteiger partial charge in [0, 0.05) is 37.5 Å². The average molecular weight is 569 g/mol. The number of aliphatic hydroxyl groups is 1. The molecular weight excluding hydrogens is 520 g/mol. The van der Waals surface area contributed by atoms with Crippen molar-refractivity contribution in [2.45, 2.75) is 92.6 Å². The number of aromatic nitrogens is 3. The van der Waals surface area contributed by atoms with Crippen LogP contribution in [0.3, 0.4) is 0 Å². The van der Waals surface area contributed by atoms with Gasteiger partial charge in [0.1, 0.15) is 11.9 Å². The third kappa shape index (κ3) is 8.74. The Bertz CT molecular complexity index is 1330. The predicted octanol–water partition coefficient (Wildman–Crippen LogP) is 4.59. The van der Waals surface area contributed by atoms with E-state index in [1.165, 1.54) is 0 Å². The first-order chi connectivity index (χ1) is 19.4. The number of imidazole rings is 1. The number of ether oxygens (including phenoxy) is 2. The lowest BCUT2D eigenvalue weighted by Crippen LogP contribution is -2.45. The molecule has 0 fully saturated rings. The summed E-state index contributed by atoms with van der Waals surface area (Å²) in [5, 5.41) is 13.4. The van der Waals surface area contributed by atoms with Crippen molar-refractivity contribution in [3.8, 4) is 11.4 Å². The van der Waals surface area contributed by atoms with Crippen LogP contribution in [0.5, 0.6) is 0 Å². The zero-order chi connectivity index (χ0) is 30.3. The summed E-state index contributed by atoms with van der Waals surface area (Å²) in [7, 11) is 1.76. The van der Waals surface area contributed by atoms with E-state index in [0.717, 1.165) is 40.8 Å². The number of nitrogens with zero attached hydrogens (tertiary/aromatic N) is 3. The molecule has 2 aromatic heterocycles. The molecule has 0 radical (unpaired) electrons. The van der Waals surface area contributed by atoms with Crippen molar-refractivity contribution in [2.75, 3.05) is 13.2 Å². The zero-order valence-electron chi connectivity index (χ0n) is 25.9. The van der Waals surface area contributed by atoms with Crippen LogP contribution in [0.4, 0.5) is 0 Å². The molecule has 0 aliphatic carbocycles. The smallest absolute Gasteiger partial charge is 0.325 e. The predicted molar refractivity (Wildman–Crippen MR) is 163 cm³/mol. The topological polar surface area (TPSA) is 108 Å². The third-order valence-electron chi connectivity index (χ3n) is 6.93. The number of hydrogen-bond donors (Lipinski definition) is 2. The third-order valence-corrected chi connectivity index (χ3v) is 6.93. The molecule has 3 aromatic rings. The number of benzene rings is 1. The van der Waals surface area contributed by atoms with Gasteiger partial charge in [0.15, 0.2) is 0 Å². The Kier molecular flexibility index (Phi) is 11.7. The Morgan fingerprint density at radius 1 is 1.12 bits per heavy atom. The fraction of sp³-hybridized carbons (Fsp3) is 0.594. The van der Waals surface area contributed by atoms with E-state index >= 15 is 0 Å². The maximum Gasteiger partial charge on any atom is 0.325 e. The first-order valence-corrected chi connectivity index (χ1v) is 14.8. The second kappa shape index (κ2) is 14.8. The van der Waals surface area contributed by atoms with E-state index in [1.54, 1.807) is 18.5 Å². The van der Waals surface area contributed by atoms with Gasteiger partial charge in [-0.25, -0.2) is 4.98 Å². The first kappa shape index (κ1) is 32.5. The number of hydrogen-bond acceptors (Lipinski definition) is 7. The van der Waals surface area contributed by atoms with E-state index in [4.69, 9.17) is 14.5 Å². The molecular formula is C32H48N4O5. The van der Waals surface area contributed by atoms with Gasteiger partial charge in [-0.15, -0.1) is 0 Å². The Labute approximate surface area is 243 Å². The highest BCUT2D eigenvalue weighted by Gasteiger charge is 2.25. The summed E-state index contributed by atoms with van der Waals surface area (Å²) >= 11 is 0. The van der Waals surface area contributed by atoms with Crippen LogP contribution in [0.25, 0.3) is 22.4 Å². The van der Waals surface area contributed by atoms with E-state index in [9.17, 15) is 14.7 Å². The largest absolute Gasteiger partial charge is 0.464 e. The van der Waals surface area contributed by atoms with Gasteiger partial charge in [-0.3, -0.25) is 14.9 Å². The van der Waals surface area contributed by atoms with Crippen LogP contribution in [-0.4, -0.2) is 56.7 Å². The van der Waals surface area contributed by atoms with Crippen LogP contribution >= 0.6 is 0 Å². The van der Waals surface area contributed by atoms with Gasteiger partial charge >= 0.3 is 5.97 Å². The molecule has 0 aliphatic heterocycles. The summed E-state index contributed by atoms with van der Waals surface area (Å²) in [5.74, 6) is 0.997. The van der Waals surface area contributed by atoms with Crippen LogP contribution in [0, 0.1) is 18.8 Å². The molecule has 41 heavy (non-hydrogen) atoms. The number of fused-ring (bicyclic) bond motifs is 1. The fourth-order valence-corrected chi connectivity index (χ4v) is 4.92. The number of pyridine rings is 1. The van der Waals surface area contributed by atoms with E-state index < -0.39 is 18.1 Å². The lowest BCUT2D eigenvalue weighted by atomic mass is 10.1. The van der Waals surface area contributed by atoms with Gasteiger partial charge in [-0.05, 0) is 62.3 Å². The van der Waals surface area contributed by atoms with Gasteiger partial charge in [-0.2, -0.15) is 0 Å². The van der Waals surface area contributed by atoms with Crippen molar-refractivity contribution in [3.63, 3.8) is 0 Å². The van der Waals surface area contributed by atoms with E-state index in [0.29, 0.717) is 37.8 Å². The SMILES string of the molecule is CCCOC(CC(C)C)Cn1c(-c2cc(C)c(=O)n(C)c2)nc2cc(CNC(C(=O)OCC(C)C)C(C)O)ccc21. The molecule has 0 saturated carbocycles. The van der Waals surface area contributed by atoms with E-state index in [1.807, 2.05) is 51.2 Å². The first-order valence-electron chi connectivity index (χ1n) is 14.8. The molecule has 9 nitrogen and oxygen atoms in total. The van der Waals surface area contributed by atoms with E-state index in [2.05, 4.69) is 30.7 Å². The Morgan fingerprint density at radius 3 is 2.46 bits per heavy atom. The van der Waals surface area contributed by atoms with Crippen molar-refractivity contribution < 1.29 is 19.4 Å². The van der Waals surface area contributed by atoms with Crippen molar-refractivity contribution in [2.24, 2.45) is 18.9 Å². The molecule has 3 unspecified atom stereocenters. The van der Waals surface area contributed by atoms with Crippen molar-refractivity contribution in [1.29, 1.82) is 0 Å². The number of esters is 1. The molecule has 2 heterocycles. The summed E-state index contributed by atoms with van der Waals surface area (Å²) in [5.41, 5.74) is 4.18. The summed E-state index contributed by atoms with van der Waals surface area (Å²) < 4.78 is 15.4. The minimum atomic E-state index is -0.904. The number of aryl methyl sites for hydroxylation is 2. The summed E-state index contributed by atoms with van der Waals surface area (Å²) in [6, 6.07) is 7.10. The highest BCUT2D eigenvalue weighted by Crippen LogP contribution is 2.27. The molecule has 1 aromatic carbocycles. The normalized spacial score (nSPS) is 14.1. The Hall–Kier alpha value is -3.01. The van der Waals surface area contributed by atoms with Crippen LogP contribution in [0.15, 0.2) is 35.3 Å². The minimum absolute atomic E-state index is 0.0183. The molecule has 226 valence electrons. The quantitative estimate of drug-likeness (QED) is 0.258. The molecule has 9 heteroatoms. The highest BCUT2D eigenvalue weighted by molar-refractivity contribution is 5.81. The Morgan fingerprint density at radius 2 is 1.85 bits per heavy atom. The molecule has 0 bridgehead atoms. The maximum atomic E-state index is 12.6. The molecule has 2 N–H and O–H groups in total. The summed E-state index contributed by atoms with van der Waals surface area (Å²) in [4.78, 5) is 30.0. The molecule has 0 spiro atoms. The standard InChI is InChI=1S/C32H48N4O5/c1-9-12-40-26(13-20(2)3)18-36-28-11-10-24(16-33-29(23(7)37)32(39)41-19-21(4)5)15-27(28)34-30(36)25-14-22(6)31(38)35(8)17-25/h10-11,14-15,17,20-21,23,26,29,33,37H,9,12-13,16,18-19H2,1-8H3. The van der Waals surface area contributed by atoms with Crippen molar-refractivity contribution >= 4 is 17.0 Å². The second-order valence-corrected chi connectivity index (χ2v) is 11.9. The van der Waals surface area contributed by atoms with Crippen LogP contribution in [0.1, 0.15) is 65.5 Å². The number of carbonyl (C=O) groups excluding carboxylic acids is 1. The highest BCUT2D eigenvalue weighted by atomic mass is 16.5. The molecule has 0 amide bonds. The van der Waals surface area contributed by atoms with E-state index in [-0.39, 0.29) is 17.6 Å². The average Bonchev–Trinajstić information content (AvgIpc) is 3.25. The van der Waals surface area contributed by atoms with Gasteiger partial charge in [0.25, 0.3) is 5.56 Å². The van der Waals surface area contributed by atoms with Crippen LogP contribution in [0.2, 0.25) is 0 Å². The monoisotopic (exact) mass is 568 g/mol. The second-order valence-electron chi connectivity index (χ2n) is 11.9. The maximum absolute atomic E-state index is 12.6. The lowest BCUT2D eigenvalue weighted by molar-refractivity contribution is -0.150. The van der Waals surface area contributed by atoms with Gasteiger partial charge in [0.2, 0.25) is 0 Å². The number of nitrogens with one attached hydrogen (secondary N) is 1. The minimum Gasteiger partial charge on any atom is -0.464 e. The lowest BCUT2D eigenvalue weighted by Gasteiger charge is -2.22.